The minimum Gasteiger partial charge on any atom is -0.351 e. The topological polar surface area (TPSA) is 86.8 Å². The summed E-state index contributed by atoms with van der Waals surface area (Å²) in [6.07, 6.45) is 0. The van der Waals surface area contributed by atoms with Crippen LogP contribution >= 0.6 is 11.3 Å². The lowest BCUT2D eigenvalue weighted by Crippen LogP contribution is -2.50. The van der Waals surface area contributed by atoms with Crippen molar-refractivity contribution in [3.8, 4) is 0 Å². The molecule has 1 aliphatic heterocycles. The minimum atomic E-state index is -4.20. The van der Waals surface area contributed by atoms with Gasteiger partial charge in [0.2, 0.25) is 15.9 Å². The van der Waals surface area contributed by atoms with Crippen LogP contribution in [0.25, 0.3) is 0 Å². The Balaban J connectivity index is 1.65. The van der Waals surface area contributed by atoms with Crippen LogP contribution in [-0.4, -0.2) is 55.6 Å². The van der Waals surface area contributed by atoms with Crippen molar-refractivity contribution in [1.29, 1.82) is 0 Å². The van der Waals surface area contributed by atoms with Crippen molar-refractivity contribution in [2.45, 2.75) is 18.4 Å². The van der Waals surface area contributed by atoms with Crippen LogP contribution in [0.2, 0.25) is 0 Å². The summed E-state index contributed by atoms with van der Waals surface area (Å²) in [4.78, 5) is 25.7. The molecule has 1 fully saturated rings. The highest BCUT2D eigenvalue weighted by molar-refractivity contribution is 7.89. The van der Waals surface area contributed by atoms with Crippen molar-refractivity contribution in [3.05, 3.63) is 51.7 Å². The molecule has 1 aromatic carbocycles. The number of benzene rings is 1. The van der Waals surface area contributed by atoms with Crippen LogP contribution in [0, 0.1) is 11.6 Å². The Hall–Kier alpha value is -2.37. The van der Waals surface area contributed by atoms with Gasteiger partial charge in [-0.25, -0.2) is 17.2 Å². The van der Waals surface area contributed by atoms with Crippen molar-refractivity contribution >= 4 is 33.2 Å². The van der Waals surface area contributed by atoms with Gasteiger partial charge in [0.1, 0.15) is 16.5 Å². The van der Waals surface area contributed by atoms with E-state index in [1.54, 1.807) is 12.1 Å². The molecule has 29 heavy (non-hydrogen) atoms. The number of nitrogens with one attached hydrogen (secondary N) is 1. The number of hydrogen-bond acceptors (Lipinski definition) is 5. The van der Waals surface area contributed by atoms with Gasteiger partial charge in [-0.1, -0.05) is 0 Å². The second-order valence-electron chi connectivity index (χ2n) is 6.45. The lowest BCUT2D eigenvalue weighted by atomic mass is 10.3. The summed E-state index contributed by atoms with van der Waals surface area (Å²) in [5.74, 6) is -2.27. The van der Waals surface area contributed by atoms with E-state index in [0.29, 0.717) is 17.5 Å². The minimum absolute atomic E-state index is 0.0197. The molecule has 0 saturated carbocycles. The molecule has 2 heterocycles. The second kappa shape index (κ2) is 8.56. The fourth-order valence-corrected chi connectivity index (χ4v) is 5.31. The van der Waals surface area contributed by atoms with Crippen LogP contribution < -0.4 is 5.32 Å². The quantitative estimate of drug-likeness (QED) is 0.764. The van der Waals surface area contributed by atoms with E-state index >= 15 is 0 Å². The molecule has 0 radical (unpaired) electrons. The first-order chi connectivity index (χ1) is 13.7. The molecule has 0 bridgehead atoms. The van der Waals surface area contributed by atoms with Crippen LogP contribution in [0.1, 0.15) is 21.5 Å². The van der Waals surface area contributed by atoms with Crippen LogP contribution in [0.15, 0.2) is 35.2 Å². The van der Waals surface area contributed by atoms with E-state index in [0.717, 1.165) is 21.3 Å². The van der Waals surface area contributed by atoms with Crippen molar-refractivity contribution in [2.24, 2.45) is 0 Å². The standard InChI is InChI=1S/C18H19F2N3O4S2/c1-12(24)21-11-14-3-5-16(28-14)18(25)22-6-8-23(9-7-22)29(26,27)17-10-13(19)2-4-15(17)20/h2-5,10H,6-9,11H2,1H3,(H,21,24). The largest absolute Gasteiger partial charge is 0.351 e. The molecule has 3 rings (SSSR count). The molecule has 1 N–H and O–H groups in total. The van der Waals surface area contributed by atoms with Crippen molar-refractivity contribution in [2.75, 3.05) is 26.2 Å². The average Bonchev–Trinajstić information content (AvgIpc) is 3.16. The molecule has 7 nitrogen and oxygen atoms in total. The lowest BCUT2D eigenvalue weighted by Gasteiger charge is -2.33. The molecule has 2 aromatic rings. The first-order valence-electron chi connectivity index (χ1n) is 8.76. The monoisotopic (exact) mass is 443 g/mol. The SMILES string of the molecule is CC(=O)NCc1ccc(C(=O)N2CCN(S(=O)(=O)c3cc(F)ccc3F)CC2)s1. The van der Waals surface area contributed by atoms with Crippen molar-refractivity contribution in [1.82, 2.24) is 14.5 Å². The van der Waals surface area contributed by atoms with Crippen molar-refractivity contribution in [3.63, 3.8) is 0 Å². The van der Waals surface area contributed by atoms with E-state index in [1.165, 1.54) is 23.2 Å². The third kappa shape index (κ3) is 4.80. The van der Waals surface area contributed by atoms with E-state index in [-0.39, 0.29) is 38.0 Å². The number of hydrogen-bond donors (Lipinski definition) is 1. The lowest BCUT2D eigenvalue weighted by molar-refractivity contribution is -0.119. The number of carbonyl (C=O) groups is 2. The first kappa shape index (κ1) is 21.3. The Labute approximate surface area is 171 Å². The number of sulfonamides is 1. The summed E-state index contributed by atoms with van der Waals surface area (Å²) in [6.45, 7) is 1.96. The van der Waals surface area contributed by atoms with Gasteiger partial charge >= 0.3 is 0 Å². The van der Waals surface area contributed by atoms with Gasteiger partial charge in [0.15, 0.2) is 0 Å². The Morgan fingerprint density at radius 3 is 2.45 bits per heavy atom. The van der Waals surface area contributed by atoms with Gasteiger partial charge in [-0.05, 0) is 30.3 Å². The highest BCUT2D eigenvalue weighted by Gasteiger charge is 2.32. The number of nitrogens with zero attached hydrogens (tertiary/aromatic N) is 2. The van der Waals surface area contributed by atoms with Crippen molar-refractivity contribution < 1.29 is 26.8 Å². The van der Waals surface area contributed by atoms with Crippen LogP contribution in [0.5, 0.6) is 0 Å². The number of carbonyl (C=O) groups excluding carboxylic acids is 2. The first-order valence-corrected chi connectivity index (χ1v) is 11.0. The van der Waals surface area contributed by atoms with Gasteiger partial charge in [0.25, 0.3) is 5.91 Å². The Morgan fingerprint density at radius 2 is 1.79 bits per heavy atom. The fraction of sp³-hybridized carbons (Fsp3) is 0.333. The van der Waals surface area contributed by atoms with Crippen LogP contribution in [-0.2, 0) is 21.4 Å². The summed E-state index contributed by atoms with van der Waals surface area (Å²) in [5.41, 5.74) is 0. The fourth-order valence-electron chi connectivity index (χ4n) is 2.90. The molecule has 156 valence electrons. The average molecular weight is 443 g/mol. The van der Waals surface area contributed by atoms with Crippen LogP contribution in [0.3, 0.4) is 0 Å². The maximum atomic E-state index is 13.9. The van der Waals surface area contributed by atoms with Gasteiger partial charge in [-0.2, -0.15) is 4.31 Å². The Morgan fingerprint density at radius 1 is 1.10 bits per heavy atom. The zero-order chi connectivity index (χ0) is 21.2. The van der Waals surface area contributed by atoms with E-state index in [4.69, 9.17) is 0 Å². The predicted octanol–water partition coefficient (Wildman–Crippen LogP) is 1.81. The molecule has 1 aromatic heterocycles. The third-order valence-electron chi connectivity index (χ3n) is 4.42. The number of halogens is 2. The van der Waals surface area contributed by atoms with E-state index < -0.39 is 26.6 Å². The van der Waals surface area contributed by atoms with Gasteiger partial charge in [0, 0.05) is 38.0 Å². The molecular formula is C18H19F2N3O4S2. The summed E-state index contributed by atoms with van der Waals surface area (Å²) < 4.78 is 53.6. The molecule has 2 amide bonds. The molecule has 11 heteroatoms. The van der Waals surface area contributed by atoms with Gasteiger partial charge in [-0.15, -0.1) is 11.3 Å². The van der Waals surface area contributed by atoms with E-state index in [9.17, 15) is 26.8 Å². The Kier molecular flexibility index (Phi) is 6.30. The molecule has 0 atom stereocenters. The molecule has 0 unspecified atom stereocenters. The number of thiophene rings is 1. The van der Waals surface area contributed by atoms with Gasteiger partial charge < -0.3 is 10.2 Å². The maximum absolute atomic E-state index is 13.9. The second-order valence-corrected chi connectivity index (χ2v) is 9.52. The van der Waals surface area contributed by atoms with Crippen LogP contribution in [0.4, 0.5) is 8.78 Å². The smallest absolute Gasteiger partial charge is 0.264 e. The highest BCUT2D eigenvalue weighted by atomic mass is 32.2. The molecule has 1 aliphatic rings. The zero-order valence-electron chi connectivity index (χ0n) is 15.5. The molecular weight excluding hydrogens is 424 g/mol. The van der Waals surface area contributed by atoms with Gasteiger partial charge in [-0.3, -0.25) is 9.59 Å². The zero-order valence-corrected chi connectivity index (χ0v) is 17.2. The number of piperazine rings is 1. The predicted molar refractivity (Wildman–Crippen MR) is 103 cm³/mol. The summed E-state index contributed by atoms with van der Waals surface area (Å²) >= 11 is 1.25. The molecule has 0 aliphatic carbocycles. The van der Waals surface area contributed by atoms with E-state index in [1.807, 2.05) is 0 Å². The summed E-state index contributed by atoms with van der Waals surface area (Å²) in [7, 11) is -4.20. The normalized spacial score (nSPS) is 15.3. The maximum Gasteiger partial charge on any atom is 0.264 e. The van der Waals surface area contributed by atoms with E-state index in [2.05, 4.69) is 5.32 Å². The molecule has 0 spiro atoms. The molecule has 1 saturated heterocycles. The highest BCUT2D eigenvalue weighted by Crippen LogP contribution is 2.23. The third-order valence-corrected chi connectivity index (χ3v) is 7.41. The summed E-state index contributed by atoms with van der Waals surface area (Å²) in [6, 6.07) is 5.70. The van der Waals surface area contributed by atoms with Gasteiger partial charge in [0.05, 0.1) is 11.4 Å². The summed E-state index contributed by atoms with van der Waals surface area (Å²) in [5, 5.41) is 2.66. The number of rotatable bonds is 5. The number of amides is 2. The Bertz CT molecular complexity index is 1030.